The lowest BCUT2D eigenvalue weighted by molar-refractivity contribution is 0.0991. The van der Waals surface area contributed by atoms with E-state index in [4.69, 9.17) is 4.43 Å². The number of carbonyl (C=O) groups is 1. The molecule has 27 heavy (non-hydrogen) atoms. The predicted octanol–water partition coefficient (Wildman–Crippen LogP) is 7.56. The van der Waals surface area contributed by atoms with E-state index in [0.29, 0.717) is 22.2 Å². The van der Waals surface area contributed by atoms with Crippen LogP contribution in [0.1, 0.15) is 62.3 Å². The smallest absolute Gasteiger partial charge is 0.258 e. The molecule has 2 nitrogen and oxygen atoms in total. The van der Waals surface area contributed by atoms with Gasteiger partial charge in [0, 0.05) is 5.56 Å². The van der Waals surface area contributed by atoms with Crippen LogP contribution in [0.3, 0.4) is 0 Å². The molecular formula is C23H31BrO2Si. The molecule has 2 aromatic carbocycles. The summed E-state index contributed by atoms with van der Waals surface area (Å²) in [6.07, 6.45) is 0. The second kappa shape index (κ2) is 9.20. The third-order valence-electron chi connectivity index (χ3n) is 5.46. The molecule has 0 bridgehead atoms. The van der Waals surface area contributed by atoms with Gasteiger partial charge in [0.2, 0.25) is 0 Å². The Kier molecular flexibility index (Phi) is 7.46. The van der Waals surface area contributed by atoms with Crippen LogP contribution < -0.4 is 4.43 Å². The van der Waals surface area contributed by atoms with Gasteiger partial charge in [0.25, 0.3) is 8.32 Å². The van der Waals surface area contributed by atoms with Crippen molar-refractivity contribution >= 4 is 30.0 Å². The molecule has 0 spiro atoms. The highest BCUT2D eigenvalue weighted by Gasteiger charge is 2.46. The van der Waals surface area contributed by atoms with Gasteiger partial charge in [-0.2, -0.15) is 0 Å². The van der Waals surface area contributed by atoms with Gasteiger partial charge in [0.1, 0.15) is 10.6 Å². The predicted molar refractivity (Wildman–Crippen MR) is 121 cm³/mol. The summed E-state index contributed by atoms with van der Waals surface area (Å²) in [4.78, 5) is 12.3. The summed E-state index contributed by atoms with van der Waals surface area (Å²) in [5.41, 5.74) is 3.25. The van der Waals surface area contributed by atoms with Crippen LogP contribution in [0.5, 0.6) is 5.75 Å². The molecule has 0 fully saturated rings. The van der Waals surface area contributed by atoms with Gasteiger partial charge in [0.05, 0.1) is 0 Å². The average Bonchev–Trinajstić information content (AvgIpc) is 2.65. The van der Waals surface area contributed by atoms with Gasteiger partial charge in [-0.3, -0.25) is 4.79 Å². The number of carbonyl (C=O) groups excluding carboxylic acids is 1. The monoisotopic (exact) mass is 446 g/mol. The summed E-state index contributed by atoms with van der Waals surface area (Å²) in [6, 6.07) is 17.4. The molecule has 0 radical (unpaired) electrons. The maximum atomic E-state index is 12.7. The van der Waals surface area contributed by atoms with Crippen LogP contribution in [0.2, 0.25) is 16.6 Å². The maximum Gasteiger partial charge on any atom is 0.258 e. The number of benzene rings is 2. The molecule has 2 rings (SSSR count). The zero-order chi connectivity index (χ0) is 20.2. The van der Waals surface area contributed by atoms with E-state index in [-0.39, 0.29) is 10.6 Å². The van der Waals surface area contributed by atoms with Crippen molar-refractivity contribution in [3.8, 4) is 5.75 Å². The standard InChI is InChI=1S/C23H31BrO2Si/c1-16(2)27(17(3)4,18(5)6)26-21-14-12-19(13-15-21)22(24)23(25)20-10-8-7-9-11-20/h7-18,22H,1-6H3. The minimum Gasteiger partial charge on any atom is -0.543 e. The van der Waals surface area contributed by atoms with Crippen LogP contribution in [0.25, 0.3) is 0 Å². The molecule has 2 aromatic rings. The first-order chi connectivity index (χ1) is 12.7. The van der Waals surface area contributed by atoms with Gasteiger partial charge in [-0.25, -0.2) is 0 Å². The molecular weight excluding hydrogens is 416 g/mol. The Bertz CT molecular complexity index is 717. The summed E-state index contributed by atoms with van der Waals surface area (Å²) < 4.78 is 6.70. The number of ketones is 1. The van der Waals surface area contributed by atoms with Crippen molar-refractivity contribution in [2.24, 2.45) is 0 Å². The number of hydrogen-bond donors (Lipinski definition) is 0. The van der Waals surface area contributed by atoms with Gasteiger partial charge in [-0.1, -0.05) is 99.9 Å². The average molecular weight is 447 g/mol. The Morgan fingerprint density at radius 2 is 1.30 bits per heavy atom. The molecule has 0 N–H and O–H groups in total. The van der Waals surface area contributed by atoms with E-state index in [1.54, 1.807) is 0 Å². The minimum atomic E-state index is -1.97. The minimum absolute atomic E-state index is 0.0690. The second-order valence-electron chi connectivity index (χ2n) is 8.08. The second-order valence-corrected chi connectivity index (χ2v) is 14.4. The summed E-state index contributed by atoms with van der Waals surface area (Å²) in [7, 11) is -1.97. The fraction of sp³-hybridized carbons (Fsp3) is 0.435. The summed E-state index contributed by atoms with van der Waals surface area (Å²) >= 11 is 3.56. The largest absolute Gasteiger partial charge is 0.543 e. The third kappa shape index (κ3) is 4.72. The van der Waals surface area contributed by atoms with E-state index in [1.807, 2.05) is 54.6 Å². The fourth-order valence-corrected chi connectivity index (χ4v) is 9.98. The highest BCUT2D eigenvalue weighted by atomic mass is 79.9. The molecule has 1 unspecified atom stereocenters. The van der Waals surface area contributed by atoms with Crippen LogP contribution in [-0.4, -0.2) is 14.1 Å². The lowest BCUT2D eigenvalue weighted by Crippen LogP contribution is -2.50. The van der Waals surface area contributed by atoms with Crippen LogP contribution in [0.4, 0.5) is 0 Å². The molecule has 0 amide bonds. The van der Waals surface area contributed by atoms with Crippen LogP contribution >= 0.6 is 15.9 Å². The SMILES string of the molecule is CC(C)[Si](Oc1ccc(C(Br)C(=O)c2ccccc2)cc1)(C(C)C)C(C)C. The summed E-state index contributed by atoms with van der Waals surface area (Å²) in [6.45, 7) is 13.7. The van der Waals surface area contributed by atoms with Crippen molar-refractivity contribution in [2.75, 3.05) is 0 Å². The third-order valence-corrected chi connectivity index (χ3v) is 12.4. The number of halogens is 1. The van der Waals surface area contributed by atoms with Crippen molar-refractivity contribution in [3.63, 3.8) is 0 Å². The zero-order valence-corrected chi connectivity index (χ0v) is 19.8. The fourth-order valence-electron chi connectivity index (χ4n) is 4.16. The Labute approximate surface area is 173 Å². The van der Waals surface area contributed by atoms with E-state index in [1.165, 1.54) is 0 Å². The topological polar surface area (TPSA) is 26.3 Å². The van der Waals surface area contributed by atoms with Crippen molar-refractivity contribution in [2.45, 2.75) is 63.0 Å². The van der Waals surface area contributed by atoms with E-state index >= 15 is 0 Å². The summed E-state index contributed by atoms with van der Waals surface area (Å²) in [5.74, 6) is 0.980. The Morgan fingerprint density at radius 1 is 0.815 bits per heavy atom. The number of hydrogen-bond acceptors (Lipinski definition) is 2. The molecule has 0 aliphatic heterocycles. The van der Waals surface area contributed by atoms with Gasteiger partial charge in [0.15, 0.2) is 5.78 Å². The molecule has 1 atom stereocenters. The molecule has 0 heterocycles. The van der Waals surface area contributed by atoms with E-state index < -0.39 is 8.32 Å². The highest BCUT2D eigenvalue weighted by Crippen LogP contribution is 2.43. The Balaban J connectivity index is 2.22. The lowest BCUT2D eigenvalue weighted by atomic mass is 10.0. The van der Waals surface area contributed by atoms with Gasteiger partial charge in [-0.05, 0) is 34.3 Å². The Morgan fingerprint density at radius 3 is 1.74 bits per heavy atom. The van der Waals surface area contributed by atoms with Crippen molar-refractivity contribution in [3.05, 3.63) is 65.7 Å². The molecule has 0 aromatic heterocycles. The number of rotatable bonds is 8. The number of alkyl halides is 1. The Hall–Kier alpha value is -1.39. The van der Waals surface area contributed by atoms with Crippen LogP contribution in [0.15, 0.2) is 54.6 Å². The van der Waals surface area contributed by atoms with E-state index in [0.717, 1.165) is 11.3 Å². The highest BCUT2D eigenvalue weighted by molar-refractivity contribution is 9.09. The lowest BCUT2D eigenvalue weighted by Gasteiger charge is -2.42. The molecule has 0 aliphatic carbocycles. The van der Waals surface area contributed by atoms with E-state index in [9.17, 15) is 4.79 Å². The van der Waals surface area contributed by atoms with Crippen molar-refractivity contribution < 1.29 is 9.22 Å². The molecule has 0 saturated carbocycles. The van der Waals surface area contributed by atoms with Crippen molar-refractivity contribution in [1.29, 1.82) is 0 Å². The molecule has 146 valence electrons. The molecule has 4 heteroatoms. The zero-order valence-electron chi connectivity index (χ0n) is 17.2. The van der Waals surface area contributed by atoms with E-state index in [2.05, 4.69) is 57.5 Å². The van der Waals surface area contributed by atoms with Gasteiger partial charge < -0.3 is 4.43 Å². The normalized spacial score (nSPS) is 13.3. The van der Waals surface area contributed by atoms with Crippen LogP contribution in [0, 0.1) is 0 Å². The number of Topliss-reactive ketones (excluding diaryl/α,β-unsaturated/α-hetero) is 1. The maximum absolute atomic E-state index is 12.7. The summed E-state index contributed by atoms with van der Waals surface area (Å²) in [5, 5.41) is 0. The van der Waals surface area contributed by atoms with Crippen molar-refractivity contribution in [1.82, 2.24) is 0 Å². The first-order valence-corrected chi connectivity index (χ1v) is 12.8. The first kappa shape index (κ1) is 21.9. The molecule has 0 aliphatic rings. The first-order valence-electron chi connectivity index (χ1n) is 9.72. The quantitative estimate of drug-likeness (QED) is 0.237. The van der Waals surface area contributed by atoms with Crippen LogP contribution in [-0.2, 0) is 0 Å². The van der Waals surface area contributed by atoms with Gasteiger partial charge >= 0.3 is 0 Å². The molecule has 0 saturated heterocycles. The van der Waals surface area contributed by atoms with Gasteiger partial charge in [-0.15, -0.1) is 0 Å².